The van der Waals surface area contributed by atoms with Crippen molar-refractivity contribution in [3.05, 3.63) is 89.0 Å². The number of rotatable bonds is 6. The Hall–Kier alpha value is -3.34. The minimum atomic E-state index is -0.0950. The van der Waals surface area contributed by atoms with Crippen LogP contribution in [0.15, 0.2) is 70.9 Å². The van der Waals surface area contributed by atoms with Crippen molar-refractivity contribution in [2.24, 2.45) is 9.98 Å². The Balaban J connectivity index is 1.82. The van der Waals surface area contributed by atoms with Gasteiger partial charge in [0.25, 0.3) is 0 Å². The second-order valence-electron chi connectivity index (χ2n) is 6.71. The monoisotopic (exact) mass is 372 g/mol. The zero-order valence-electron chi connectivity index (χ0n) is 16.3. The lowest BCUT2D eigenvalue weighted by Gasteiger charge is -2.09. The van der Waals surface area contributed by atoms with Gasteiger partial charge in [0, 0.05) is 35.9 Å². The largest absolute Gasteiger partial charge is 0.507 e. The van der Waals surface area contributed by atoms with Gasteiger partial charge in [0.1, 0.15) is 5.75 Å². The lowest BCUT2D eigenvalue weighted by Crippen LogP contribution is -1.97. The number of aromatic nitrogens is 2. The van der Waals surface area contributed by atoms with Gasteiger partial charge >= 0.3 is 0 Å². The molecule has 0 aliphatic carbocycles. The van der Waals surface area contributed by atoms with Crippen molar-refractivity contribution in [3.8, 4) is 5.75 Å². The lowest BCUT2D eigenvalue weighted by molar-refractivity contribution is 0.473. The minimum absolute atomic E-state index is 0.0950. The molecule has 2 heterocycles. The molecule has 0 saturated heterocycles. The molecular formula is C23H24N4O. The first-order valence-corrected chi connectivity index (χ1v) is 9.26. The molecular weight excluding hydrogens is 348 g/mol. The Morgan fingerprint density at radius 2 is 1.29 bits per heavy atom. The number of aliphatic imine (C=N–C) groups is 2. The number of aryl methyl sites for hydroxylation is 1. The number of benzene rings is 1. The van der Waals surface area contributed by atoms with Crippen molar-refractivity contribution in [2.45, 2.75) is 32.9 Å². The summed E-state index contributed by atoms with van der Waals surface area (Å²) in [6, 6.07) is 15.1. The highest BCUT2D eigenvalue weighted by Crippen LogP contribution is 2.24. The van der Waals surface area contributed by atoms with Crippen molar-refractivity contribution >= 4 is 12.4 Å². The second kappa shape index (κ2) is 9.04. The van der Waals surface area contributed by atoms with Gasteiger partial charge < -0.3 is 5.11 Å². The standard InChI is InChI=1S/C23H24N4O/c1-16-12-19(14-26-17(2)21-8-4-6-10-24-21)23(28)20(13-16)15-27-18(3)22-9-5-7-11-25-22/h4-15,17-18,28H,1-3H3/b26-14+,27-15+. The van der Waals surface area contributed by atoms with E-state index >= 15 is 0 Å². The highest BCUT2D eigenvalue weighted by atomic mass is 16.3. The predicted octanol–water partition coefficient (Wildman–Crippen LogP) is 4.85. The minimum Gasteiger partial charge on any atom is -0.507 e. The zero-order chi connectivity index (χ0) is 19.9. The molecule has 0 fully saturated rings. The molecule has 0 amide bonds. The predicted molar refractivity (Wildman–Crippen MR) is 113 cm³/mol. The summed E-state index contributed by atoms with van der Waals surface area (Å²) in [4.78, 5) is 17.7. The first kappa shape index (κ1) is 19.4. The first-order chi connectivity index (χ1) is 13.5. The van der Waals surface area contributed by atoms with E-state index in [2.05, 4.69) is 20.0 Å². The quantitative estimate of drug-likeness (QED) is 0.629. The molecule has 28 heavy (non-hydrogen) atoms. The van der Waals surface area contributed by atoms with E-state index in [4.69, 9.17) is 0 Å². The molecule has 3 rings (SSSR count). The summed E-state index contributed by atoms with van der Waals surface area (Å²) in [5.74, 6) is 0.166. The molecule has 142 valence electrons. The SMILES string of the molecule is Cc1cc(/C=N/C(C)c2ccccn2)c(O)c(/C=N/C(C)c2ccccn2)c1. The third-order valence-electron chi connectivity index (χ3n) is 4.42. The third kappa shape index (κ3) is 4.88. The van der Waals surface area contributed by atoms with Crippen LogP contribution in [0.5, 0.6) is 5.75 Å². The topological polar surface area (TPSA) is 70.7 Å². The van der Waals surface area contributed by atoms with Gasteiger partial charge in [-0.15, -0.1) is 0 Å². The molecule has 5 nitrogen and oxygen atoms in total. The van der Waals surface area contributed by atoms with Gasteiger partial charge in [-0.25, -0.2) is 0 Å². The van der Waals surface area contributed by atoms with E-state index < -0.39 is 0 Å². The Bertz CT molecular complexity index is 892. The summed E-state index contributed by atoms with van der Waals surface area (Å²) < 4.78 is 0. The Kier molecular flexibility index (Phi) is 6.27. The molecule has 0 saturated carbocycles. The van der Waals surface area contributed by atoms with Gasteiger partial charge in [-0.2, -0.15) is 0 Å². The van der Waals surface area contributed by atoms with Crippen LogP contribution in [0, 0.1) is 6.92 Å². The number of pyridine rings is 2. The van der Waals surface area contributed by atoms with Crippen LogP contribution in [0.25, 0.3) is 0 Å². The summed E-state index contributed by atoms with van der Waals surface area (Å²) in [5, 5.41) is 10.7. The third-order valence-corrected chi connectivity index (χ3v) is 4.42. The average molecular weight is 372 g/mol. The number of phenols is 1. The van der Waals surface area contributed by atoms with E-state index in [0.29, 0.717) is 11.1 Å². The molecule has 2 atom stereocenters. The van der Waals surface area contributed by atoms with E-state index in [9.17, 15) is 5.11 Å². The van der Waals surface area contributed by atoms with Gasteiger partial charge in [0.05, 0.1) is 23.5 Å². The van der Waals surface area contributed by atoms with Crippen LogP contribution in [-0.2, 0) is 0 Å². The van der Waals surface area contributed by atoms with E-state index in [0.717, 1.165) is 17.0 Å². The van der Waals surface area contributed by atoms with Crippen molar-refractivity contribution < 1.29 is 5.11 Å². The van der Waals surface area contributed by atoms with Crippen molar-refractivity contribution in [3.63, 3.8) is 0 Å². The fourth-order valence-corrected chi connectivity index (χ4v) is 2.82. The number of hydrogen-bond donors (Lipinski definition) is 1. The average Bonchev–Trinajstić information content (AvgIpc) is 2.73. The van der Waals surface area contributed by atoms with Crippen LogP contribution < -0.4 is 0 Å². The van der Waals surface area contributed by atoms with E-state index in [1.54, 1.807) is 24.8 Å². The van der Waals surface area contributed by atoms with Crippen LogP contribution >= 0.6 is 0 Å². The molecule has 5 heteroatoms. The molecule has 2 unspecified atom stereocenters. The highest BCUT2D eigenvalue weighted by Gasteiger charge is 2.09. The van der Waals surface area contributed by atoms with E-state index in [1.165, 1.54) is 0 Å². The summed E-state index contributed by atoms with van der Waals surface area (Å²) in [6.07, 6.45) is 6.90. The lowest BCUT2D eigenvalue weighted by atomic mass is 10.1. The maximum absolute atomic E-state index is 10.7. The van der Waals surface area contributed by atoms with Gasteiger partial charge in [0.15, 0.2) is 0 Å². The van der Waals surface area contributed by atoms with Crippen molar-refractivity contribution in [1.29, 1.82) is 0 Å². The molecule has 3 aromatic rings. The number of aromatic hydroxyl groups is 1. The van der Waals surface area contributed by atoms with Gasteiger partial charge in [-0.05, 0) is 62.7 Å². The molecule has 2 aromatic heterocycles. The van der Waals surface area contributed by atoms with Crippen LogP contribution in [-0.4, -0.2) is 27.5 Å². The molecule has 1 aromatic carbocycles. The van der Waals surface area contributed by atoms with Crippen LogP contribution in [0.1, 0.15) is 54.0 Å². The molecule has 1 N–H and O–H groups in total. The molecule has 0 spiro atoms. The summed E-state index contributed by atoms with van der Waals surface area (Å²) in [6.45, 7) is 5.93. The summed E-state index contributed by atoms with van der Waals surface area (Å²) in [7, 11) is 0. The fraction of sp³-hybridized carbons (Fsp3) is 0.217. The number of nitrogens with zero attached hydrogens (tertiary/aromatic N) is 4. The summed E-state index contributed by atoms with van der Waals surface area (Å²) >= 11 is 0. The zero-order valence-corrected chi connectivity index (χ0v) is 16.3. The van der Waals surface area contributed by atoms with Crippen molar-refractivity contribution in [1.82, 2.24) is 9.97 Å². The molecule has 0 aliphatic heterocycles. The van der Waals surface area contributed by atoms with Crippen LogP contribution in [0.3, 0.4) is 0 Å². The van der Waals surface area contributed by atoms with Crippen LogP contribution in [0.4, 0.5) is 0 Å². The maximum Gasteiger partial charge on any atom is 0.133 e. The first-order valence-electron chi connectivity index (χ1n) is 9.26. The van der Waals surface area contributed by atoms with Crippen LogP contribution in [0.2, 0.25) is 0 Å². The number of hydrogen-bond acceptors (Lipinski definition) is 5. The second-order valence-corrected chi connectivity index (χ2v) is 6.71. The van der Waals surface area contributed by atoms with Crippen molar-refractivity contribution in [2.75, 3.05) is 0 Å². The van der Waals surface area contributed by atoms with E-state index in [-0.39, 0.29) is 17.8 Å². The summed E-state index contributed by atoms with van der Waals surface area (Å²) in [5.41, 5.74) is 4.12. The highest BCUT2D eigenvalue weighted by molar-refractivity contribution is 5.92. The molecule has 0 radical (unpaired) electrons. The van der Waals surface area contributed by atoms with Gasteiger partial charge in [-0.3, -0.25) is 20.0 Å². The maximum atomic E-state index is 10.7. The fourth-order valence-electron chi connectivity index (χ4n) is 2.82. The van der Waals surface area contributed by atoms with Gasteiger partial charge in [0.2, 0.25) is 0 Å². The Morgan fingerprint density at radius 1 is 0.821 bits per heavy atom. The smallest absolute Gasteiger partial charge is 0.133 e. The molecule has 0 aliphatic rings. The number of phenolic OH excluding ortho intramolecular Hbond substituents is 1. The molecule has 0 bridgehead atoms. The Labute approximate surface area is 165 Å². The van der Waals surface area contributed by atoms with Gasteiger partial charge in [-0.1, -0.05) is 12.1 Å². The Morgan fingerprint density at radius 3 is 1.68 bits per heavy atom. The normalized spacial score (nSPS) is 13.8. The van der Waals surface area contributed by atoms with E-state index in [1.807, 2.05) is 69.3 Å².